The van der Waals surface area contributed by atoms with Crippen LogP contribution in [0.15, 0.2) is 36.0 Å². The highest BCUT2D eigenvalue weighted by Crippen LogP contribution is 2.46. The molecule has 1 aromatic carbocycles. The number of hydrogen-bond donors (Lipinski definition) is 0. The third-order valence-corrected chi connectivity index (χ3v) is 12.1. The van der Waals surface area contributed by atoms with Gasteiger partial charge in [-0.1, -0.05) is 57.8 Å². The first kappa shape index (κ1) is 28.0. The molecular weight excluding hydrogens is 446 g/mol. The van der Waals surface area contributed by atoms with E-state index in [0.29, 0.717) is 25.1 Å². The van der Waals surface area contributed by atoms with Crippen LogP contribution in [0.25, 0.3) is 0 Å². The van der Waals surface area contributed by atoms with Crippen LogP contribution in [0.1, 0.15) is 65.9 Å². The number of hydrogen-bond acceptors (Lipinski definition) is 5. The van der Waals surface area contributed by atoms with Gasteiger partial charge in [0.2, 0.25) is 0 Å². The minimum atomic E-state index is -1.84. The number of esters is 1. The average Bonchev–Trinajstić information content (AvgIpc) is 3.17. The molecule has 0 saturated carbocycles. The fourth-order valence-electron chi connectivity index (χ4n) is 4.22. The lowest BCUT2D eigenvalue weighted by Crippen LogP contribution is -2.58. The summed E-state index contributed by atoms with van der Waals surface area (Å²) in [5.74, 6) is -0.146. The summed E-state index contributed by atoms with van der Waals surface area (Å²) in [6.07, 6.45) is 2.81. The Kier molecular flexibility index (Phi) is 8.34. The first-order chi connectivity index (χ1) is 15.6. The normalized spacial score (nSPS) is 20.4. The van der Waals surface area contributed by atoms with E-state index in [2.05, 4.69) is 45.6 Å². The molecule has 1 heterocycles. The minimum absolute atomic E-state index is 0.126. The summed E-state index contributed by atoms with van der Waals surface area (Å²) in [5.41, 5.74) is 1.31. The van der Waals surface area contributed by atoms with Crippen LogP contribution in [-0.2, 0) is 14.3 Å². The second-order valence-electron chi connectivity index (χ2n) is 11.7. The molecule has 2 atom stereocenters. The Morgan fingerprint density at radius 2 is 1.76 bits per heavy atom. The molecule has 0 bridgehead atoms. The number of methoxy groups -OCH3 is 2. The smallest absolute Gasteiger partial charge is 0.411 e. The molecule has 0 aliphatic carbocycles. The van der Waals surface area contributed by atoms with E-state index in [1.54, 1.807) is 12.0 Å². The van der Waals surface area contributed by atoms with Gasteiger partial charge in [0.05, 0.1) is 22.3 Å². The molecule has 190 valence electrons. The van der Waals surface area contributed by atoms with E-state index in [1.165, 1.54) is 7.11 Å². The fraction of sp³-hybridized carbons (Fsp3) is 0.630. The van der Waals surface area contributed by atoms with Crippen molar-refractivity contribution in [1.82, 2.24) is 4.90 Å². The molecule has 0 radical (unpaired) electrons. The molecule has 6 nitrogen and oxygen atoms in total. The van der Waals surface area contributed by atoms with Crippen LogP contribution in [0.2, 0.25) is 18.1 Å². The summed E-state index contributed by atoms with van der Waals surface area (Å²) < 4.78 is 16.6. The zero-order valence-electron chi connectivity index (χ0n) is 22.7. The maximum atomic E-state index is 13.6. The Balaban J connectivity index is 2.74. The van der Waals surface area contributed by atoms with Crippen molar-refractivity contribution in [2.75, 3.05) is 20.8 Å². The Labute approximate surface area is 206 Å². The number of nitrogens with zero attached hydrogens (tertiary/aromatic N) is 1. The van der Waals surface area contributed by atoms with Crippen molar-refractivity contribution in [2.24, 2.45) is 0 Å². The van der Waals surface area contributed by atoms with Crippen LogP contribution in [0.5, 0.6) is 5.75 Å². The molecular formula is C27H43NO5Si. The first-order valence-electron chi connectivity index (χ1n) is 12.0. The van der Waals surface area contributed by atoms with Crippen molar-refractivity contribution < 1.29 is 23.8 Å². The second kappa shape index (κ2) is 10.1. The van der Waals surface area contributed by atoms with Gasteiger partial charge in [-0.2, -0.15) is 0 Å². The lowest BCUT2D eigenvalue weighted by Gasteiger charge is -2.42. The summed E-state index contributed by atoms with van der Waals surface area (Å²) in [5, 5.41) is 0.126. The van der Waals surface area contributed by atoms with Crippen molar-refractivity contribution in [3.05, 3.63) is 41.6 Å². The van der Waals surface area contributed by atoms with Gasteiger partial charge in [-0.25, -0.2) is 9.59 Å². The highest BCUT2D eigenvalue weighted by atomic mass is 28.3. The van der Waals surface area contributed by atoms with E-state index < -0.39 is 37.2 Å². The average molecular weight is 490 g/mol. The van der Waals surface area contributed by atoms with Gasteiger partial charge in [0, 0.05) is 12.5 Å². The van der Waals surface area contributed by atoms with Gasteiger partial charge in [0.25, 0.3) is 0 Å². The van der Waals surface area contributed by atoms with Crippen LogP contribution < -0.4 is 4.74 Å². The molecule has 0 aromatic heterocycles. The topological polar surface area (TPSA) is 65.1 Å². The predicted molar refractivity (Wildman–Crippen MR) is 139 cm³/mol. The third-order valence-electron chi connectivity index (χ3n) is 7.18. The zero-order chi connectivity index (χ0) is 25.9. The Morgan fingerprint density at radius 3 is 2.29 bits per heavy atom. The number of carbonyl (C=O) groups excluding carboxylic acids is 2. The number of rotatable bonds is 6. The quantitative estimate of drug-likeness (QED) is 0.345. The monoisotopic (exact) mass is 489 g/mol. The zero-order valence-corrected chi connectivity index (χ0v) is 23.7. The number of carbonyl (C=O) groups is 2. The molecule has 0 N–H and O–H groups in total. The lowest BCUT2D eigenvalue weighted by atomic mass is 9.77. The van der Waals surface area contributed by atoms with Gasteiger partial charge in [0.1, 0.15) is 11.4 Å². The van der Waals surface area contributed by atoms with E-state index in [0.717, 1.165) is 5.56 Å². The molecule has 2 rings (SSSR count). The Hall–Kier alpha value is -2.28. The van der Waals surface area contributed by atoms with Crippen LogP contribution in [-0.4, -0.2) is 56.9 Å². The van der Waals surface area contributed by atoms with Crippen molar-refractivity contribution in [3.63, 3.8) is 0 Å². The number of amides is 1. The molecule has 1 aliphatic heterocycles. The molecule has 1 aromatic rings. The molecule has 7 heteroatoms. The number of benzene rings is 1. The largest absolute Gasteiger partial charge is 0.497 e. The van der Waals surface area contributed by atoms with Gasteiger partial charge < -0.3 is 14.2 Å². The van der Waals surface area contributed by atoms with E-state index >= 15 is 0 Å². The molecule has 0 spiro atoms. The highest BCUT2D eigenvalue weighted by molar-refractivity contribution is 6.84. The second-order valence-corrected chi connectivity index (χ2v) is 17.0. The first-order valence-corrected chi connectivity index (χ1v) is 15.1. The maximum Gasteiger partial charge on any atom is 0.411 e. The summed E-state index contributed by atoms with van der Waals surface area (Å²) in [7, 11) is 1.17. The van der Waals surface area contributed by atoms with E-state index in [4.69, 9.17) is 14.2 Å². The van der Waals surface area contributed by atoms with Gasteiger partial charge in [-0.3, -0.25) is 4.90 Å². The van der Waals surface area contributed by atoms with Crippen molar-refractivity contribution in [2.45, 2.75) is 89.6 Å². The van der Waals surface area contributed by atoms with Crippen molar-refractivity contribution in [1.29, 1.82) is 0 Å². The van der Waals surface area contributed by atoms with Gasteiger partial charge in [-0.15, -0.1) is 0 Å². The SMILES string of the molecule is COC(=O)[C@]1([C@H](/C=C\[Si](C)(C)C(C)(C)C)c2cccc(OC)c2)CCCN1C(=O)OC(C)(C)C. The summed E-state index contributed by atoms with van der Waals surface area (Å²) >= 11 is 0. The molecule has 1 saturated heterocycles. The number of likely N-dealkylation sites (tertiary alicyclic amines) is 1. The minimum Gasteiger partial charge on any atom is -0.497 e. The van der Waals surface area contributed by atoms with Crippen molar-refractivity contribution >= 4 is 20.1 Å². The van der Waals surface area contributed by atoms with Gasteiger partial charge >= 0.3 is 12.1 Å². The standard InChI is InChI=1S/C27H43NO5Si/c1-25(2,3)33-24(30)28-17-12-16-27(28,23(29)32-8)22(15-18-34(9,10)26(4,5)6)20-13-11-14-21(19-20)31-7/h11,13-15,18-19,22H,12,16-17H2,1-10H3/b18-15-/t22-,27-/m1/s1. The number of ether oxygens (including phenoxy) is 3. The maximum absolute atomic E-state index is 13.6. The molecule has 1 aliphatic rings. The van der Waals surface area contributed by atoms with Crippen molar-refractivity contribution in [3.8, 4) is 5.75 Å². The predicted octanol–water partition coefficient (Wildman–Crippen LogP) is 6.33. The highest BCUT2D eigenvalue weighted by Gasteiger charge is 2.57. The van der Waals surface area contributed by atoms with Crippen LogP contribution >= 0.6 is 0 Å². The Morgan fingerprint density at radius 1 is 1.12 bits per heavy atom. The van der Waals surface area contributed by atoms with Crippen LogP contribution in [0, 0.1) is 0 Å². The molecule has 1 fully saturated rings. The molecule has 34 heavy (non-hydrogen) atoms. The van der Waals surface area contributed by atoms with E-state index in [1.807, 2.05) is 45.0 Å². The van der Waals surface area contributed by atoms with E-state index in [-0.39, 0.29) is 5.04 Å². The van der Waals surface area contributed by atoms with E-state index in [9.17, 15) is 9.59 Å². The Bertz CT molecular complexity index is 912. The molecule has 1 amide bonds. The van der Waals surface area contributed by atoms with Gasteiger partial charge in [0.15, 0.2) is 5.54 Å². The summed E-state index contributed by atoms with van der Waals surface area (Å²) in [6, 6.07) is 7.72. The fourth-order valence-corrected chi connectivity index (χ4v) is 5.39. The van der Waals surface area contributed by atoms with Gasteiger partial charge in [-0.05, 0) is 56.3 Å². The van der Waals surface area contributed by atoms with Crippen LogP contribution in [0.4, 0.5) is 4.79 Å². The third kappa shape index (κ3) is 5.85. The summed E-state index contributed by atoms with van der Waals surface area (Å²) in [6.45, 7) is 17.3. The van der Waals surface area contributed by atoms with Crippen LogP contribution in [0.3, 0.4) is 0 Å². The summed E-state index contributed by atoms with van der Waals surface area (Å²) in [4.78, 5) is 28.5. The molecule has 0 unspecified atom stereocenters. The lowest BCUT2D eigenvalue weighted by molar-refractivity contribution is -0.154.